The molecule has 2 rings (SSSR count). The second-order valence-corrected chi connectivity index (χ2v) is 3.87. The normalized spacial score (nSPS) is 9.95. The SMILES string of the molecule is NCc1cccc(NC(=O)COc2ccccc2)n1. The van der Waals surface area contributed by atoms with E-state index in [9.17, 15) is 4.79 Å². The quantitative estimate of drug-likeness (QED) is 0.852. The van der Waals surface area contributed by atoms with Crippen molar-refractivity contribution in [2.45, 2.75) is 6.54 Å². The highest BCUT2D eigenvalue weighted by Gasteiger charge is 2.04. The summed E-state index contributed by atoms with van der Waals surface area (Å²) in [6.45, 7) is 0.281. The minimum absolute atomic E-state index is 0.0570. The summed E-state index contributed by atoms with van der Waals surface area (Å²) in [5, 5.41) is 2.66. The van der Waals surface area contributed by atoms with Crippen molar-refractivity contribution in [1.29, 1.82) is 0 Å². The van der Waals surface area contributed by atoms with Gasteiger partial charge in [0.15, 0.2) is 6.61 Å². The number of amides is 1. The van der Waals surface area contributed by atoms with Gasteiger partial charge in [-0.2, -0.15) is 0 Å². The highest BCUT2D eigenvalue weighted by molar-refractivity contribution is 5.90. The number of para-hydroxylation sites is 1. The summed E-state index contributed by atoms with van der Waals surface area (Å²) in [6.07, 6.45) is 0. The summed E-state index contributed by atoms with van der Waals surface area (Å²) in [5.74, 6) is 0.872. The van der Waals surface area contributed by atoms with Crippen molar-refractivity contribution in [3.05, 3.63) is 54.2 Å². The zero-order chi connectivity index (χ0) is 13.5. The second kappa shape index (κ2) is 6.51. The lowest BCUT2D eigenvalue weighted by molar-refractivity contribution is -0.118. The van der Waals surface area contributed by atoms with Gasteiger partial charge < -0.3 is 15.8 Å². The molecule has 1 aromatic heterocycles. The molecule has 1 aromatic carbocycles. The summed E-state index contributed by atoms with van der Waals surface area (Å²) in [7, 11) is 0. The van der Waals surface area contributed by atoms with Gasteiger partial charge in [-0.25, -0.2) is 4.98 Å². The van der Waals surface area contributed by atoms with E-state index >= 15 is 0 Å². The van der Waals surface area contributed by atoms with Gasteiger partial charge in [0.2, 0.25) is 0 Å². The van der Waals surface area contributed by atoms with Crippen LogP contribution in [-0.2, 0) is 11.3 Å². The first-order valence-corrected chi connectivity index (χ1v) is 5.91. The summed E-state index contributed by atoms with van der Waals surface area (Å²) in [5.41, 5.74) is 6.21. The number of hydrogen-bond acceptors (Lipinski definition) is 4. The molecule has 1 heterocycles. The van der Waals surface area contributed by atoms with Gasteiger partial charge >= 0.3 is 0 Å². The Morgan fingerprint density at radius 3 is 2.68 bits per heavy atom. The van der Waals surface area contributed by atoms with Crippen LogP contribution >= 0.6 is 0 Å². The van der Waals surface area contributed by atoms with Crippen molar-refractivity contribution in [2.24, 2.45) is 5.73 Å². The Bertz CT molecular complexity index is 543. The molecule has 0 radical (unpaired) electrons. The predicted octanol–water partition coefficient (Wildman–Crippen LogP) is 1.56. The van der Waals surface area contributed by atoms with Crippen LogP contribution in [0.15, 0.2) is 48.5 Å². The van der Waals surface area contributed by atoms with Crippen LogP contribution in [0.5, 0.6) is 5.75 Å². The number of anilines is 1. The first kappa shape index (κ1) is 13.0. The van der Waals surface area contributed by atoms with Gasteiger partial charge in [0.1, 0.15) is 11.6 Å². The van der Waals surface area contributed by atoms with Gasteiger partial charge in [-0.1, -0.05) is 24.3 Å². The van der Waals surface area contributed by atoms with Crippen LogP contribution in [-0.4, -0.2) is 17.5 Å². The van der Waals surface area contributed by atoms with Crippen molar-refractivity contribution < 1.29 is 9.53 Å². The number of rotatable bonds is 5. The summed E-state index contributed by atoms with van der Waals surface area (Å²) >= 11 is 0. The molecule has 0 saturated carbocycles. The molecule has 0 aliphatic heterocycles. The number of benzene rings is 1. The molecule has 0 aliphatic rings. The maximum atomic E-state index is 11.7. The number of carbonyl (C=O) groups excluding carboxylic acids is 1. The molecular formula is C14H15N3O2. The number of ether oxygens (including phenoxy) is 1. The van der Waals surface area contributed by atoms with Crippen molar-refractivity contribution in [2.75, 3.05) is 11.9 Å². The molecule has 1 amide bonds. The summed E-state index contributed by atoms with van der Waals surface area (Å²) < 4.78 is 5.33. The molecule has 98 valence electrons. The van der Waals surface area contributed by atoms with Crippen molar-refractivity contribution in [3.63, 3.8) is 0 Å². The third-order valence-corrected chi connectivity index (χ3v) is 2.40. The van der Waals surface area contributed by atoms with E-state index in [0.29, 0.717) is 18.1 Å². The fourth-order valence-electron chi connectivity index (χ4n) is 1.51. The molecule has 5 heteroatoms. The average Bonchev–Trinajstić information content (AvgIpc) is 2.46. The van der Waals surface area contributed by atoms with E-state index < -0.39 is 0 Å². The lowest BCUT2D eigenvalue weighted by Crippen LogP contribution is -2.21. The first-order valence-electron chi connectivity index (χ1n) is 5.91. The zero-order valence-corrected chi connectivity index (χ0v) is 10.4. The van der Waals surface area contributed by atoms with E-state index in [1.165, 1.54) is 0 Å². The number of aromatic nitrogens is 1. The number of nitrogens with two attached hydrogens (primary N) is 1. The Labute approximate surface area is 111 Å². The van der Waals surface area contributed by atoms with E-state index in [2.05, 4.69) is 10.3 Å². The molecule has 0 bridgehead atoms. The van der Waals surface area contributed by atoms with Crippen LogP contribution in [0.4, 0.5) is 5.82 Å². The predicted molar refractivity (Wildman–Crippen MR) is 72.7 cm³/mol. The van der Waals surface area contributed by atoms with Crippen molar-refractivity contribution >= 4 is 11.7 Å². The number of pyridine rings is 1. The molecule has 0 spiro atoms. The van der Waals surface area contributed by atoms with Gasteiger partial charge in [-0.3, -0.25) is 4.79 Å². The maximum Gasteiger partial charge on any atom is 0.263 e. The van der Waals surface area contributed by atoms with Crippen molar-refractivity contribution in [1.82, 2.24) is 4.98 Å². The van der Waals surface area contributed by atoms with E-state index in [0.717, 1.165) is 5.69 Å². The van der Waals surface area contributed by atoms with E-state index in [-0.39, 0.29) is 12.5 Å². The molecule has 2 aromatic rings. The van der Waals surface area contributed by atoms with Gasteiger partial charge in [0.25, 0.3) is 5.91 Å². The average molecular weight is 257 g/mol. The molecule has 0 fully saturated rings. The lowest BCUT2D eigenvalue weighted by Gasteiger charge is -2.07. The van der Waals surface area contributed by atoms with Crippen LogP contribution in [0.25, 0.3) is 0 Å². The standard InChI is InChI=1S/C14H15N3O2/c15-9-11-5-4-8-13(16-11)17-14(18)10-19-12-6-2-1-3-7-12/h1-8H,9-10,15H2,(H,16,17,18). The Balaban J connectivity index is 1.87. The number of nitrogens with zero attached hydrogens (tertiary/aromatic N) is 1. The fraction of sp³-hybridized carbons (Fsp3) is 0.143. The third kappa shape index (κ3) is 4.08. The van der Waals surface area contributed by atoms with Gasteiger partial charge in [-0.05, 0) is 24.3 Å². The highest BCUT2D eigenvalue weighted by Crippen LogP contribution is 2.08. The molecule has 19 heavy (non-hydrogen) atoms. The molecule has 0 aliphatic carbocycles. The number of hydrogen-bond donors (Lipinski definition) is 2. The highest BCUT2D eigenvalue weighted by atomic mass is 16.5. The van der Waals surface area contributed by atoms with E-state index in [1.807, 2.05) is 18.2 Å². The second-order valence-electron chi connectivity index (χ2n) is 3.87. The smallest absolute Gasteiger partial charge is 0.263 e. The molecule has 0 unspecified atom stereocenters. The summed E-state index contributed by atoms with van der Waals surface area (Å²) in [4.78, 5) is 15.9. The van der Waals surface area contributed by atoms with E-state index in [4.69, 9.17) is 10.5 Å². The number of nitrogens with one attached hydrogen (secondary N) is 1. The Kier molecular flexibility index (Phi) is 4.47. The molecule has 3 N–H and O–H groups in total. The van der Waals surface area contributed by atoms with Crippen molar-refractivity contribution in [3.8, 4) is 5.75 Å². The minimum atomic E-state index is -0.259. The third-order valence-electron chi connectivity index (χ3n) is 2.40. The molecule has 5 nitrogen and oxygen atoms in total. The van der Waals surface area contributed by atoms with Gasteiger partial charge in [-0.15, -0.1) is 0 Å². The fourth-order valence-corrected chi connectivity index (χ4v) is 1.51. The maximum absolute atomic E-state index is 11.7. The van der Waals surface area contributed by atoms with E-state index in [1.54, 1.807) is 30.3 Å². The topological polar surface area (TPSA) is 77.2 Å². The van der Waals surface area contributed by atoms with Gasteiger partial charge in [0.05, 0.1) is 5.69 Å². The first-order chi connectivity index (χ1) is 9.28. The zero-order valence-electron chi connectivity index (χ0n) is 10.4. The number of carbonyl (C=O) groups is 1. The van der Waals surface area contributed by atoms with Crippen LogP contribution in [0.1, 0.15) is 5.69 Å². The van der Waals surface area contributed by atoms with Crippen LogP contribution in [0.3, 0.4) is 0 Å². The molecular weight excluding hydrogens is 242 g/mol. The van der Waals surface area contributed by atoms with Gasteiger partial charge in [0, 0.05) is 6.54 Å². The van der Waals surface area contributed by atoms with Crippen LogP contribution < -0.4 is 15.8 Å². The monoisotopic (exact) mass is 257 g/mol. The molecule has 0 atom stereocenters. The Hall–Kier alpha value is -2.40. The molecule has 0 saturated heterocycles. The Morgan fingerprint density at radius 1 is 1.16 bits per heavy atom. The van der Waals surface area contributed by atoms with Crippen LogP contribution in [0.2, 0.25) is 0 Å². The minimum Gasteiger partial charge on any atom is -0.484 e. The van der Waals surface area contributed by atoms with Crippen LogP contribution in [0, 0.1) is 0 Å². The Morgan fingerprint density at radius 2 is 1.95 bits per heavy atom. The summed E-state index contributed by atoms with van der Waals surface area (Å²) in [6, 6.07) is 14.5. The largest absolute Gasteiger partial charge is 0.484 e. The lowest BCUT2D eigenvalue weighted by atomic mass is 10.3.